The van der Waals surface area contributed by atoms with Crippen LogP contribution in [0.15, 0.2) is 6.20 Å². The fourth-order valence-electron chi connectivity index (χ4n) is 1.35. The van der Waals surface area contributed by atoms with Crippen LogP contribution < -0.4 is 5.32 Å². The van der Waals surface area contributed by atoms with Crippen LogP contribution in [0.3, 0.4) is 0 Å². The summed E-state index contributed by atoms with van der Waals surface area (Å²) >= 11 is 0. The lowest BCUT2D eigenvalue weighted by atomic mass is 10.1. The maximum Gasteiger partial charge on any atom is 0.145 e. The molecule has 1 heterocycles. The highest BCUT2D eigenvalue weighted by Gasteiger charge is 2.06. The Bertz CT molecular complexity index is 315. The highest BCUT2D eigenvalue weighted by molar-refractivity contribution is 5.34. The molecule has 15 heavy (non-hydrogen) atoms. The van der Waals surface area contributed by atoms with Crippen molar-refractivity contribution < 1.29 is 5.11 Å². The molecule has 84 valence electrons. The number of nitrogens with zero attached hydrogens (tertiary/aromatic N) is 2. The molecule has 1 aromatic rings. The average molecular weight is 209 g/mol. The van der Waals surface area contributed by atoms with Crippen LogP contribution in [0.5, 0.6) is 0 Å². The first-order chi connectivity index (χ1) is 7.17. The van der Waals surface area contributed by atoms with Gasteiger partial charge in [0.1, 0.15) is 5.82 Å². The van der Waals surface area contributed by atoms with E-state index >= 15 is 0 Å². The molecule has 0 aliphatic rings. The van der Waals surface area contributed by atoms with Crippen molar-refractivity contribution in [3.8, 4) is 0 Å². The second kappa shape index (κ2) is 5.66. The van der Waals surface area contributed by atoms with E-state index < -0.39 is 0 Å². The van der Waals surface area contributed by atoms with Crippen molar-refractivity contribution in [2.45, 2.75) is 39.7 Å². The third-order valence-corrected chi connectivity index (χ3v) is 2.51. The first-order valence-electron chi connectivity index (χ1n) is 5.35. The molecule has 2 N–H and O–H groups in total. The number of hydrogen-bond donors (Lipinski definition) is 2. The van der Waals surface area contributed by atoms with Gasteiger partial charge in [0.05, 0.1) is 17.6 Å². The summed E-state index contributed by atoms with van der Waals surface area (Å²) in [6.45, 7) is 6.17. The van der Waals surface area contributed by atoms with Crippen LogP contribution in [-0.4, -0.2) is 27.7 Å². The number of aliphatic hydroxyl groups is 1. The van der Waals surface area contributed by atoms with Gasteiger partial charge in [-0.2, -0.15) is 0 Å². The third-order valence-electron chi connectivity index (χ3n) is 2.51. The molecule has 0 amide bonds. The van der Waals surface area contributed by atoms with E-state index in [9.17, 15) is 0 Å². The molecule has 0 saturated heterocycles. The van der Waals surface area contributed by atoms with E-state index in [1.165, 1.54) is 0 Å². The monoisotopic (exact) mass is 209 g/mol. The first kappa shape index (κ1) is 11.9. The summed E-state index contributed by atoms with van der Waals surface area (Å²) in [6.07, 6.45) is 3.45. The first-order valence-corrected chi connectivity index (χ1v) is 5.35. The van der Waals surface area contributed by atoms with Crippen molar-refractivity contribution in [2.24, 2.45) is 0 Å². The Morgan fingerprint density at radius 3 is 2.67 bits per heavy atom. The zero-order valence-corrected chi connectivity index (χ0v) is 9.62. The number of anilines is 1. The van der Waals surface area contributed by atoms with Crippen LogP contribution in [0.25, 0.3) is 0 Å². The zero-order valence-electron chi connectivity index (χ0n) is 9.62. The summed E-state index contributed by atoms with van der Waals surface area (Å²) in [5, 5.41) is 12.1. The van der Waals surface area contributed by atoms with Crippen molar-refractivity contribution >= 4 is 5.82 Å². The number of aryl methyl sites for hydroxylation is 2. The summed E-state index contributed by atoms with van der Waals surface area (Å²) in [7, 11) is 0. The van der Waals surface area contributed by atoms with Crippen molar-refractivity contribution in [1.82, 2.24) is 9.97 Å². The molecule has 0 aliphatic heterocycles. The van der Waals surface area contributed by atoms with Crippen LogP contribution in [0.4, 0.5) is 5.82 Å². The van der Waals surface area contributed by atoms with Gasteiger partial charge in [0.15, 0.2) is 0 Å². The molecule has 1 aromatic heterocycles. The lowest BCUT2D eigenvalue weighted by Crippen LogP contribution is -2.20. The second-order valence-corrected chi connectivity index (χ2v) is 3.69. The predicted octanol–water partition coefficient (Wildman–Crippen LogP) is 1.67. The van der Waals surface area contributed by atoms with E-state index in [0.717, 1.165) is 30.0 Å². The molecule has 0 aromatic carbocycles. The van der Waals surface area contributed by atoms with E-state index in [2.05, 4.69) is 22.2 Å². The Morgan fingerprint density at radius 1 is 1.40 bits per heavy atom. The number of rotatable bonds is 5. The van der Waals surface area contributed by atoms with Gasteiger partial charge >= 0.3 is 0 Å². The van der Waals surface area contributed by atoms with Crippen LogP contribution in [0.2, 0.25) is 0 Å². The molecule has 0 bridgehead atoms. The minimum Gasteiger partial charge on any atom is -0.396 e. The van der Waals surface area contributed by atoms with Gasteiger partial charge < -0.3 is 10.4 Å². The zero-order chi connectivity index (χ0) is 11.3. The molecule has 0 aliphatic carbocycles. The van der Waals surface area contributed by atoms with E-state index in [0.29, 0.717) is 0 Å². The molecule has 4 heteroatoms. The number of hydrogen-bond acceptors (Lipinski definition) is 4. The maximum absolute atomic E-state index is 8.87. The third kappa shape index (κ3) is 3.47. The lowest BCUT2D eigenvalue weighted by Gasteiger charge is -2.16. The summed E-state index contributed by atoms with van der Waals surface area (Å²) in [4.78, 5) is 8.63. The fraction of sp³-hybridized carbons (Fsp3) is 0.636. The topological polar surface area (TPSA) is 58.0 Å². The van der Waals surface area contributed by atoms with Crippen molar-refractivity contribution in [2.75, 3.05) is 11.9 Å². The summed E-state index contributed by atoms with van der Waals surface area (Å²) in [5.74, 6) is 0.790. The summed E-state index contributed by atoms with van der Waals surface area (Å²) in [5.41, 5.74) is 1.90. The van der Waals surface area contributed by atoms with Gasteiger partial charge in [-0.25, -0.2) is 4.98 Å². The molecule has 0 spiro atoms. The highest BCUT2D eigenvalue weighted by atomic mass is 16.3. The molecule has 0 saturated carbocycles. The van der Waals surface area contributed by atoms with Crippen molar-refractivity contribution in [3.05, 3.63) is 17.6 Å². The fourth-order valence-corrected chi connectivity index (χ4v) is 1.35. The van der Waals surface area contributed by atoms with Crippen LogP contribution in [0.1, 0.15) is 31.2 Å². The largest absolute Gasteiger partial charge is 0.396 e. The van der Waals surface area contributed by atoms with E-state index in [1.54, 1.807) is 6.20 Å². The average Bonchev–Trinajstić information content (AvgIpc) is 2.23. The number of aliphatic hydroxyl groups excluding tert-OH is 1. The van der Waals surface area contributed by atoms with E-state index in [-0.39, 0.29) is 12.6 Å². The molecular formula is C11H19N3O. The molecule has 4 nitrogen and oxygen atoms in total. The second-order valence-electron chi connectivity index (χ2n) is 3.69. The summed E-state index contributed by atoms with van der Waals surface area (Å²) in [6, 6.07) is 0.270. The minimum absolute atomic E-state index is 0.198. The highest BCUT2D eigenvalue weighted by Crippen LogP contribution is 2.09. The van der Waals surface area contributed by atoms with Crippen molar-refractivity contribution in [1.29, 1.82) is 0 Å². The molecule has 0 radical (unpaired) electrons. The Morgan fingerprint density at radius 2 is 2.13 bits per heavy atom. The van der Waals surface area contributed by atoms with Crippen LogP contribution in [0, 0.1) is 13.8 Å². The van der Waals surface area contributed by atoms with Gasteiger partial charge in [0, 0.05) is 12.6 Å². The predicted molar refractivity (Wildman–Crippen MR) is 60.9 cm³/mol. The minimum atomic E-state index is 0.198. The molecule has 1 unspecified atom stereocenters. The van der Waals surface area contributed by atoms with Crippen LogP contribution in [-0.2, 0) is 0 Å². The van der Waals surface area contributed by atoms with E-state index in [4.69, 9.17) is 5.11 Å². The molecular weight excluding hydrogens is 190 g/mol. The van der Waals surface area contributed by atoms with Crippen LogP contribution >= 0.6 is 0 Å². The normalized spacial score (nSPS) is 12.5. The molecule has 0 fully saturated rings. The molecule has 1 rings (SSSR count). The van der Waals surface area contributed by atoms with Gasteiger partial charge in [0.2, 0.25) is 0 Å². The van der Waals surface area contributed by atoms with Gasteiger partial charge in [-0.05, 0) is 26.7 Å². The van der Waals surface area contributed by atoms with Crippen molar-refractivity contribution in [3.63, 3.8) is 0 Å². The van der Waals surface area contributed by atoms with E-state index in [1.807, 2.05) is 13.8 Å². The Balaban J connectivity index is 2.66. The van der Waals surface area contributed by atoms with Gasteiger partial charge in [0.25, 0.3) is 0 Å². The quantitative estimate of drug-likeness (QED) is 0.774. The SMILES string of the molecule is CCC(CCO)Nc1cnc(C)c(C)n1. The van der Waals surface area contributed by atoms with Gasteiger partial charge in [-0.15, -0.1) is 0 Å². The Kier molecular flexibility index (Phi) is 4.49. The Hall–Kier alpha value is -1.16. The number of nitrogens with one attached hydrogen (secondary N) is 1. The maximum atomic E-state index is 8.87. The molecule has 1 atom stereocenters. The Labute approximate surface area is 90.8 Å². The van der Waals surface area contributed by atoms with Gasteiger partial charge in [-0.3, -0.25) is 4.98 Å². The standard InChI is InChI=1S/C11H19N3O/c1-4-10(5-6-15)14-11-7-12-8(2)9(3)13-11/h7,10,15H,4-6H2,1-3H3,(H,13,14). The van der Waals surface area contributed by atoms with Gasteiger partial charge in [-0.1, -0.05) is 6.92 Å². The lowest BCUT2D eigenvalue weighted by molar-refractivity contribution is 0.278. The summed E-state index contributed by atoms with van der Waals surface area (Å²) < 4.78 is 0. The smallest absolute Gasteiger partial charge is 0.145 e. The number of aromatic nitrogens is 2.